The van der Waals surface area contributed by atoms with Crippen LogP contribution >= 0.6 is 0 Å². The van der Waals surface area contributed by atoms with Crippen LogP contribution in [0.3, 0.4) is 0 Å². The molecule has 1 fully saturated rings. The van der Waals surface area contributed by atoms with Gasteiger partial charge in [-0.25, -0.2) is 8.96 Å². The molecule has 4 atom stereocenters. The van der Waals surface area contributed by atoms with Gasteiger partial charge < -0.3 is 25.6 Å². The Morgan fingerprint density at radius 3 is 2.50 bits per heavy atom. The van der Waals surface area contributed by atoms with Crippen LogP contribution in [-0.4, -0.2) is 36.3 Å². The number of halogens is 5. The second kappa shape index (κ2) is 9.97. The molecule has 1 saturated heterocycles. The van der Waals surface area contributed by atoms with Crippen molar-refractivity contribution in [3.8, 4) is 5.75 Å². The van der Waals surface area contributed by atoms with E-state index >= 15 is 0 Å². The standard InChI is InChI=1S/C23H23F5N3O5/c1-4-35-18-13(5-6-14(24)17(18)25)16-11(2)22(3,23(26,27)28)36-19(16)21(34)30-12-7-8-31(10-32)15(9-12)20(29)33/h5-9,11,16,19H,4,10H2,1-3H3,(H2,29,33)/q-1/p+1/t11-,16-,19+,22+/m0/s1. The summed E-state index contributed by atoms with van der Waals surface area (Å²) in [6.45, 7) is 2.46. The minimum absolute atomic E-state index is 0.0515. The maximum Gasteiger partial charge on any atom is 0.417 e. The molecule has 196 valence electrons. The van der Waals surface area contributed by atoms with Gasteiger partial charge in [0, 0.05) is 29.5 Å². The minimum Gasteiger partial charge on any atom is -0.801 e. The lowest BCUT2D eigenvalue weighted by molar-refractivity contribution is -0.816. The number of nitrogens with two attached hydrogens (primary N) is 1. The Morgan fingerprint density at radius 1 is 1.28 bits per heavy atom. The van der Waals surface area contributed by atoms with Gasteiger partial charge in [-0.3, -0.25) is 9.59 Å². The summed E-state index contributed by atoms with van der Waals surface area (Å²) in [7, 11) is 0. The van der Waals surface area contributed by atoms with Crippen LogP contribution in [0.2, 0.25) is 0 Å². The molecular weight excluding hydrogens is 493 g/mol. The van der Waals surface area contributed by atoms with Crippen molar-refractivity contribution >= 4 is 17.5 Å². The first kappa shape index (κ1) is 27.3. The summed E-state index contributed by atoms with van der Waals surface area (Å²) in [5, 5.41) is 13.6. The molecule has 2 amide bonds. The predicted octanol–water partition coefficient (Wildman–Crippen LogP) is 2.15. The van der Waals surface area contributed by atoms with Crippen LogP contribution < -0.4 is 25.5 Å². The van der Waals surface area contributed by atoms with Crippen molar-refractivity contribution < 1.29 is 50.7 Å². The number of benzene rings is 1. The zero-order valence-corrected chi connectivity index (χ0v) is 19.5. The molecule has 13 heteroatoms. The lowest BCUT2D eigenvalue weighted by atomic mass is 9.77. The van der Waals surface area contributed by atoms with E-state index < -0.39 is 65.6 Å². The highest BCUT2D eigenvalue weighted by molar-refractivity contribution is 5.97. The van der Waals surface area contributed by atoms with Gasteiger partial charge in [-0.2, -0.15) is 17.6 Å². The van der Waals surface area contributed by atoms with E-state index in [1.54, 1.807) is 0 Å². The molecule has 3 rings (SSSR count). The zero-order valence-electron chi connectivity index (χ0n) is 19.5. The number of nitrogens with one attached hydrogen (secondary N) is 1. The summed E-state index contributed by atoms with van der Waals surface area (Å²) in [6.07, 6.45) is -5.57. The third-order valence-electron chi connectivity index (χ3n) is 6.35. The van der Waals surface area contributed by atoms with Gasteiger partial charge in [0.2, 0.25) is 5.82 Å². The molecule has 2 heterocycles. The summed E-state index contributed by atoms with van der Waals surface area (Å²) >= 11 is 0. The highest BCUT2D eigenvalue weighted by atomic mass is 19.4. The minimum atomic E-state index is -4.92. The molecule has 3 N–H and O–H groups in total. The first-order valence-electron chi connectivity index (χ1n) is 10.8. The van der Waals surface area contributed by atoms with Crippen molar-refractivity contribution in [2.45, 2.75) is 51.3 Å². The number of carbonyl (C=O) groups excluding carboxylic acids is 2. The van der Waals surface area contributed by atoms with Gasteiger partial charge in [-0.1, -0.05) is 13.0 Å². The second-order valence-electron chi connectivity index (χ2n) is 8.42. The summed E-state index contributed by atoms with van der Waals surface area (Å²) in [5.74, 6) is -8.16. The van der Waals surface area contributed by atoms with Gasteiger partial charge in [0.25, 0.3) is 11.6 Å². The number of amides is 2. The van der Waals surface area contributed by atoms with E-state index in [1.165, 1.54) is 26.1 Å². The summed E-state index contributed by atoms with van der Waals surface area (Å²) in [6, 6.07) is 4.11. The lowest BCUT2D eigenvalue weighted by Gasteiger charge is -2.32. The number of primary amides is 1. The average molecular weight is 517 g/mol. The maximum absolute atomic E-state index is 14.6. The van der Waals surface area contributed by atoms with E-state index in [2.05, 4.69) is 5.32 Å². The molecule has 1 aromatic heterocycles. The molecule has 0 saturated carbocycles. The second-order valence-corrected chi connectivity index (χ2v) is 8.42. The Balaban J connectivity index is 2.09. The molecule has 0 aliphatic carbocycles. The van der Waals surface area contributed by atoms with E-state index in [0.717, 1.165) is 29.7 Å². The van der Waals surface area contributed by atoms with Crippen LogP contribution in [0.4, 0.5) is 27.6 Å². The molecule has 0 unspecified atom stereocenters. The molecule has 0 radical (unpaired) electrons. The first-order chi connectivity index (χ1) is 16.8. The van der Waals surface area contributed by atoms with Gasteiger partial charge in [0.05, 0.1) is 19.0 Å². The van der Waals surface area contributed by atoms with Crippen LogP contribution in [0.15, 0.2) is 30.5 Å². The fourth-order valence-corrected chi connectivity index (χ4v) is 4.27. The van der Waals surface area contributed by atoms with Crippen LogP contribution in [0.25, 0.3) is 0 Å². The van der Waals surface area contributed by atoms with E-state index in [9.17, 15) is 36.6 Å². The highest BCUT2D eigenvalue weighted by Crippen LogP contribution is 2.55. The monoisotopic (exact) mass is 517 g/mol. The van der Waals surface area contributed by atoms with Crippen LogP contribution in [0.1, 0.15) is 42.7 Å². The Kier molecular flexibility index (Phi) is 7.55. The molecular formula is C23H24F5N3O5. The molecule has 8 nitrogen and oxygen atoms in total. The Bertz CT molecular complexity index is 1180. The SMILES string of the molecule is CCOc1c([C@H]2[C@H](C(=O)Nc3cc[n+](C[O-])c(C(N)=O)c3)O[C@@](C)(C(F)(F)F)[C@H]2C)ccc(F)c1F. The number of carbonyl (C=O) groups is 2. The lowest BCUT2D eigenvalue weighted by Crippen LogP contribution is -2.47. The van der Waals surface area contributed by atoms with Crippen LogP contribution in [0.5, 0.6) is 5.75 Å². The smallest absolute Gasteiger partial charge is 0.417 e. The number of pyridine rings is 1. The summed E-state index contributed by atoms with van der Waals surface area (Å²) < 4.78 is 82.1. The predicted molar refractivity (Wildman–Crippen MR) is 113 cm³/mol. The third kappa shape index (κ3) is 4.72. The summed E-state index contributed by atoms with van der Waals surface area (Å²) in [4.78, 5) is 24.8. The van der Waals surface area contributed by atoms with Crippen molar-refractivity contribution in [3.05, 3.63) is 53.4 Å². The van der Waals surface area contributed by atoms with E-state index in [4.69, 9.17) is 15.2 Å². The normalized spacial score (nSPS) is 24.0. The van der Waals surface area contributed by atoms with Crippen molar-refractivity contribution in [1.29, 1.82) is 0 Å². The van der Waals surface area contributed by atoms with E-state index in [-0.39, 0.29) is 23.6 Å². The largest absolute Gasteiger partial charge is 0.801 e. The van der Waals surface area contributed by atoms with Crippen molar-refractivity contribution in [3.63, 3.8) is 0 Å². The molecule has 1 aromatic carbocycles. The molecule has 0 bridgehead atoms. The molecule has 1 aliphatic heterocycles. The average Bonchev–Trinajstić information content (AvgIpc) is 3.09. The molecule has 36 heavy (non-hydrogen) atoms. The van der Waals surface area contributed by atoms with Gasteiger partial charge in [-0.05, 0) is 19.9 Å². The number of aromatic nitrogens is 1. The van der Waals surface area contributed by atoms with Gasteiger partial charge >= 0.3 is 12.1 Å². The van der Waals surface area contributed by atoms with Crippen LogP contribution in [-0.2, 0) is 16.3 Å². The molecule has 0 spiro atoms. The quantitative estimate of drug-likeness (QED) is 0.431. The highest BCUT2D eigenvalue weighted by Gasteiger charge is 2.66. The fourth-order valence-electron chi connectivity index (χ4n) is 4.27. The fraction of sp³-hybridized carbons (Fsp3) is 0.435. The number of rotatable bonds is 7. The number of ether oxygens (including phenoxy) is 2. The number of anilines is 1. The van der Waals surface area contributed by atoms with Crippen molar-refractivity contribution in [1.82, 2.24) is 0 Å². The van der Waals surface area contributed by atoms with E-state index in [0.29, 0.717) is 0 Å². The van der Waals surface area contributed by atoms with Gasteiger partial charge in [-0.15, -0.1) is 0 Å². The zero-order chi connectivity index (χ0) is 27.0. The number of nitrogens with zero attached hydrogens (tertiary/aromatic N) is 1. The topological polar surface area (TPSA) is 118 Å². The van der Waals surface area contributed by atoms with Crippen molar-refractivity contribution in [2.75, 3.05) is 11.9 Å². The Hall–Kier alpha value is -3.32. The number of alkyl halides is 3. The first-order valence-corrected chi connectivity index (χ1v) is 10.8. The number of hydrogen-bond donors (Lipinski definition) is 2. The Labute approximate surface area is 202 Å². The third-order valence-corrected chi connectivity index (χ3v) is 6.35. The maximum atomic E-state index is 14.6. The van der Waals surface area contributed by atoms with Crippen LogP contribution in [0, 0.1) is 17.6 Å². The Morgan fingerprint density at radius 2 is 1.94 bits per heavy atom. The molecule has 2 aromatic rings. The summed E-state index contributed by atoms with van der Waals surface area (Å²) in [5.41, 5.74) is 1.94. The molecule has 1 aliphatic rings. The van der Waals surface area contributed by atoms with Gasteiger partial charge in [0.1, 0.15) is 6.10 Å². The number of hydrogen-bond acceptors (Lipinski definition) is 5. The van der Waals surface area contributed by atoms with E-state index in [1.807, 2.05) is 0 Å². The van der Waals surface area contributed by atoms with Crippen molar-refractivity contribution in [2.24, 2.45) is 11.7 Å². The van der Waals surface area contributed by atoms with Gasteiger partial charge in [0.15, 0.2) is 23.4 Å².